The topological polar surface area (TPSA) is 95.6 Å². The Kier molecular flexibility index (Phi) is 4.56. The molecule has 5 nitrogen and oxygen atoms in total. The van der Waals surface area contributed by atoms with Crippen LogP contribution in [0.1, 0.15) is 12.0 Å². The maximum atomic E-state index is 11.1. The molecule has 1 unspecified atom stereocenters. The highest BCUT2D eigenvalue weighted by molar-refractivity contribution is 7.99. The number of aromatic nitrogens is 2. The summed E-state index contributed by atoms with van der Waals surface area (Å²) >= 11 is 1.37. The van der Waals surface area contributed by atoms with Crippen LogP contribution < -0.4 is 11.3 Å². The third-order valence-corrected chi connectivity index (χ3v) is 3.76. The number of nitrogens with two attached hydrogens (primary N) is 1. The average molecular weight is 286 g/mol. The van der Waals surface area contributed by atoms with Crippen LogP contribution in [0.4, 0.5) is 0 Å². The zero-order valence-electron chi connectivity index (χ0n) is 10.7. The maximum Gasteiger partial charge on any atom is 0.251 e. The van der Waals surface area contributed by atoms with E-state index in [2.05, 4.69) is 16.0 Å². The van der Waals surface area contributed by atoms with E-state index in [1.165, 1.54) is 24.0 Å². The van der Waals surface area contributed by atoms with E-state index in [9.17, 15) is 10.1 Å². The molecule has 1 aromatic heterocycles. The summed E-state index contributed by atoms with van der Waals surface area (Å²) in [6.07, 6.45) is 1.93. The van der Waals surface area contributed by atoms with Gasteiger partial charge in [0.25, 0.3) is 5.56 Å². The number of H-pyrrole nitrogens is 1. The summed E-state index contributed by atoms with van der Waals surface area (Å²) in [6.45, 7) is 0. The molecule has 1 atom stereocenters. The van der Waals surface area contributed by atoms with E-state index in [4.69, 9.17) is 5.73 Å². The summed E-state index contributed by atoms with van der Waals surface area (Å²) in [4.78, 5) is 17.8. The van der Waals surface area contributed by atoms with Crippen molar-refractivity contribution in [2.75, 3.05) is 5.75 Å². The molecule has 6 heteroatoms. The van der Waals surface area contributed by atoms with Crippen LogP contribution in [-0.2, 0) is 5.54 Å². The monoisotopic (exact) mass is 286 g/mol. The van der Waals surface area contributed by atoms with E-state index < -0.39 is 5.54 Å². The Balaban J connectivity index is 2.02. The van der Waals surface area contributed by atoms with Gasteiger partial charge in [0, 0.05) is 18.0 Å². The van der Waals surface area contributed by atoms with Crippen molar-refractivity contribution in [2.24, 2.45) is 5.73 Å². The van der Waals surface area contributed by atoms with Gasteiger partial charge < -0.3 is 10.7 Å². The van der Waals surface area contributed by atoms with Crippen molar-refractivity contribution in [3.63, 3.8) is 0 Å². The first-order valence-electron chi connectivity index (χ1n) is 6.08. The highest BCUT2D eigenvalue weighted by Gasteiger charge is 2.26. The van der Waals surface area contributed by atoms with Crippen LogP contribution in [0.25, 0.3) is 0 Å². The van der Waals surface area contributed by atoms with E-state index >= 15 is 0 Å². The first-order valence-corrected chi connectivity index (χ1v) is 7.06. The van der Waals surface area contributed by atoms with Crippen molar-refractivity contribution in [1.82, 2.24) is 9.97 Å². The second-order valence-corrected chi connectivity index (χ2v) is 5.37. The van der Waals surface area contributed by atoms with Gasteiger partial charge in [-0.05, 0) is 12.0 Å². The van der Waals surface area contributed by atoms with Gasteiger partial charge in [-0.3, -0.25) is 4.79 Å². The van der Waals surface area contributed by atoms with Crippen LogP contribution in [0.15, 0.2) is 52.5 Å². The fourth-order valence-electron chi connectivity index (χ4n) is 1.73. The first-order chi connectivity index (χ1) is 9.64. The summed E-state index contributed by atoms with van der Waals surface area (Å²) in [5.74, 6) is 0.589. The molecule has 1 aromatic carbocycles. The Bertz CT molecular complexity index is 665. The smallest absolute Gasteiger partial charge is 0.251 e. The molecule has 0 spiro atoms. The SMILES string of the molecule is N#CC(N)(CCSc1nccc(=O)[nH]1)c1ccccc1. The first kappa shape index (κ1) is 14.3. The summed E-state index contributed by atoms with van der Waals surface area (Å²) < 4.78 is 0. The quantitative estimate of drug-likeness (QED) is 0.643. The van der Waals surface area contributed by atoms with Crippen LogP contribution >= 0.6 is 11.8 Å². The number of hydrogen-bond acceptors (Lipinski definition) is 5. The molecular formula is C14H14N4OS. The predicted octanol–water partition coefficient (Wildman–Crippen LogP) is 1.63. The largest absolute Gasteiger partial charge is 0.310 e. The molecule has 2 aromatic rings. The number of nitriles is 1. The lowest BCUT2D eigenvalue weighted by Crippen LogP contribution is -2.35. The normalized spacial score (nSPS) is 13.4. The predicted molar refractivity (Wildman–Crippen MR) is 78.1 cm³/mol. The molecular weight excluding hydrogens is 272 g/mol. The summed E-state index contributed by atoms with van der Waals surface area (Å²) in [5, 5.41) is 9.86. The van der Waals surface area contributed by atoms with Crippen LogP contribution in [0, 0.1) is 11.3 Å². The molecule has 1 heterocycles. The van der Waals surface area contributed by atoms with E-state index in [1.807, 2.05) is 30.3 Å². The number of rotatable bonds is 5. The van der Waals surface area contributed by atoms with E-state index in [0.29, 0.717) is 17.3 Å². The molecule has 102 valence electrons. The van der Waals surface area contributed by atoms with Gasteiger partial charge in [0.1, 0.15) is 5.54 Å². The number of nitrogens with zero attached hydrogens (tertiary/aromatic N) is 2. The van der Waals surface area contributed by atoms with Gasteiger partial charge in [-0.1, -0.05) is 42.1 Å². The Morgan fingerprint density at radius 1 is 1.35 bits per heavy atom. The Morgan fingerprint density at radius 3 is 2.75 bits per heavy atom. The molecule has 0 aliphatic heterocycles. The molecule has 0 bridgehead atoms. The number of benzene rings is 1. The van der Waals surface area contributed by atoms with Crippen molar-refractivity contribution in [3.05, 3.63) is 58.5 Å². The minimum atomic E-state index is -1.02. The highest BCUT2D eigenvalue weighted by Crippen LogP contribution is 2.24. The third kappa shape index (κ3) is 3.47. The second kappa shape index (κ2) is 6.37. The second-order valence-electron chi connectivity index (χ2n) is 4.29. The molecule has 0 saturated carbocycles. The lowest BCUT2D eigenvalue weighted by molar-refractivity contribution is 0.560. The summed E-state index contributed by atoms with van der Waals surface area (Å²) in [6, 6.07) is 12.8. The Hall–Kier alpha value is -2.10. The lowest BCUT2D eigenvalue weighted by atomic mass is 9.90. The van der Waals surface area contributed by atoms with Gasteiger partial charge in [0.2, 0.25) is 0 Å². The molecule has 0 saturated heterocycles. The lowest BCUT2D eigenvalue weighted by Gasteiger charge is -2.21. The van der Waals surface area contributed by atoms with Gasteiger partial charge in [-0.2, -0.15) is 5.26 Å². The van der Waals surface area contributed by atoms with Crippen LogP contribution in [0.5, 0.6) is 0 Å². The number of thioether (sulfide) groups is 1. The third-order valence-electron chi connectivity index (χ3n) is 2.87. The van der Waals surface area contributed by atoms with E-state index in [1.54, 1.807) is 0 Å². The Labute approximate surface area is 120 Å². The zero-order chi connectivity index (χ0) is 14.4. The molecule has 0 fully saturated rings. The minimum Gasteiger partial charge on any atom is -0.310 e. The molecule has 2 rings (SSSR count). The highest BCUT2D eigenvalue weighted by atomic mass is 32.2. The fourth-order valence-corrected chi connectivity index (χ4v) is 2.66. The summed E-state index contributed by atoms with van der Waals surface area (Å²) in [5.41, 5.74) is 5.72. The maximum absolute atomic E-state index is 11.1. The van der Waals surface area contributed by atoms with Crippen LogP contribution in [0.2, 0.25) is 0 Å². The van der Waals surface area contributed by atoms with E-state index in [-0.39, 0.29) is 5.56 Å². The number of nitrogens with one attached hydrogen (secondary N) is 1. The molecule has 0 aliphatic carbocycles. The van der Waals surface area contributed by atoms with Gasteiger partial charge in [-0.15, -0.1) is 0 Å². The van der Waals surface area contributed by atoms with Crippen molar-refractivity contribution in [2.45, 2.75) is 17.1 Å². The van der Waals surface area contributed by atoms with E-state index in [0.717, 1.165) is 5.56 Å². The van der Waals surface area contributed by atoms with Crippen molar-refractivity contribution < 1.29 is 0 Å². The van der Waals surface area contributed by atoms with Crippen LogP contribution in [0.3, 0.4) is 0 Å². The molecule has 0 radical (unpaired) electrons. The summed E-state index contributed by atoms with van der Waals surface area (Å²) in [7, 11) is 0. The number of aromatic amines is 1. The minimum absolute atomic E-state index is 0.190. The van der Waals surface area contributed by atoms with Crippen LogP contribution in [-0.4, -0.2) is 15.7 Å². The van der Waals surface area contributed by atoms with Gasteiger partial charge in [-0.25, -0.2) is 4.98 Å². The molecule has 0 aliphatic rings. The van der Waals surface area contributed by atoms with Gasteiger partial charge in [0.15, 0.2) is 5.16 Å². The van der Waals surface area contributed by atoms with Gasteiger partial charge in [0.05, 0.1) is 6.07 Å². The van der Waals surface area contributed by atoms with Crippen molar-refractivity contribution >= 4 is 11.8 Å². The standard InChI is InChI=1S/C14H14N4OS/c15-10-14(16,11-4-2-1-3-5-11)7-9-20-13-17-8-6-12(19)18-13/h1-6,8H,7,9,16H2,(H,17,18,19). The molecule has 0 amide bonds. The van der Waals surface area contributed by atoms with Crippen molar-refractivity contribution in [1.29, 1.82) is 5.26 Å². The number of hydrogen-bond donors (Lipinski definition) is 2. The fraction of sp³-hybridized carbons (Fsp3) is 0.214. The zero-order valence-corrected chi connectivity index (χ0v) is 11.6. The molecule has 3 N–H and O–H groups in total. The Morgan fingerprint density at radius 2 is 2.10 bits per heavy atom. The molecule has 20 heavy (non-hydrogen) atoms. The van der Waals surface area contributed by atoms with Gasteiger partial charge >= 0.3 is 0 Å². The van der Waals surface area contributed by atoms with Crippen molar-refractivity contribution in [3.8, 4) is 6.07 Å². The average Bonchev–Trinajstić information content (AvgIpc) is 2.48.